The first-order chi connectivity index (χ1) is 9.58. The number of ketones is 1. The Bertz CT molecular complexity index is 515. The summed E-state index contributed by atoms with van der Waals surface area (Å²) in [6, 6.07) is 2.00. The van der Waals surface area contributed by atoms with E-state index in [0.717, 1.165) is 0 Å². The first-order valence-corrected chi connectivity index (χ1v) is 6.53. The molecule has 1 amide bonds. The minimum absolute atomic E-state index is 0.0608. The van der Waals surface area contributed by atoms with Gasteiger partial charge in [-0.1, -0.05) is 0 Å². The molecule has 0 spiro atoms. The summed E-state index contributed by atoms with van der Waals surface area (Å²) in [6.07, 6.45) is 4.97. The van der Waals surface area contributed by atoms with E-state index < -0.39 is 17.9 Å². The molecule has 0 bridgehead atoms. The van der Waals surface area contributed by atoms with Crippen molar-refractivity contribution in [3.8, 4) is 0 Å². The molecule has 1 aliphatic rings. The molecule has 0 unspecified atom stereocenters. The van der Waals surface area contributed by atoms with Crippen molar-refractivity contribution in [1.29, 1.82) is 0 Å². The van der Waals surface area contributed by atoms with E-state index in [1.54, 1.807) is 0 Å². The maximum Gasteiger partial charge on any atom is 0.326 e. The van der Waals surface area contributed by atoms with Gasteiger partial charge in [-0.15, -0.1) is 0 Å². The number of Topliss-reactive ketones (excluding diaryl/α,β-unsaturated/α-hetero) is 1. The molecule has 0 saturated heterocycles. The number of amides is 1. The molecule has 20 heavy (non-hydrogen) atoms. The van der Waals surface area contributed by atoms with Crippen molar-refractivity contribution in [1.82, 2.24) is 10.3 Å². The highest BCUT2D eigenvalue weighted by Crippen LogP contribution is 2.24. The number of carbonyl (C=O) groups excluding carboxylic acids is 2. The minimum Gasteiger partial charge on any atom is -0.480 e. The summed E-state index contributed by atoms with van der Waals surface area (Å²) in [5.74, 6) is -1.84. The number of carboxylic acids is 1. The number of hydrogen-bond acceptors (Lipinski definition) is 4. The Balaban J connectivity index is 2.08. The molecule has 2 rings (SSSR count). The van der Waals surface area contributed by atoms with E-state index in [-0.39, 0.29) is 18.1 Å². The van der Waals surface area contributed by atoms with Crippen LogP contribution in [0.25, 0.3) is 0 Å². The zero-order chi connectivity index (χ0) is 14.5. The van der Waals surface area contributed by atoms with Crippen LogP contribution in [0.4, 0.5) is 0 Å². The van der Waals surface area contributed by atoms with Crippen LogP contribution < -0.4 is 5.32 Å². The van der Waals surface area contributed by atoms with Crippen molar-refractivity contribution in [2.24, 2.45) is 5.92 Å². The Hall–Kier alpha value is -2.24. The molecule has 1 aliphatic carbocycles. The quantitative estimate of drug-likeness (QED) is 0.856. The minimum atomic E-state index is -1.10. The van der Waals surface area contributed by atoms with Gasteiger partial charge in [0.2, 0.25) is 0 Å². The third-order valence-corrected chi connectivity index (χ3v) is 3.49. The number of nitrogens with one attached hydrogen (secondary N) is 1. The fourth-order valence-corrected chi connectivity index (χ4v) is 2.45. The fraction of sp³-hybridized carbons (Fsp3) is 0.429. The smallest absolute Gasteiger partial charge is 0.326 e. The summed E-state index contributed by atoms with van der Waals surface area (Å²) in [7, 11) is 0. The second-order valence-corrected chi connectivity index (χ2v) is 4.92. The van der Waals surface area contributed by atoms with Gasteiger partial charge < -0.3 is 10.4 Å². The molecular weight excluding hydrogens is 260 g/mol. The average molecular weight is 276 g/mol. The molecule has 1 fully saturated rings. The Kier molecular flexibility index (Phi) is 4.45. The number of pyridine rings is 1. The molecule has 1 saturated carbocycles. The maximum absolute atomic E-state index is 12.0. The molecule has 0 aliphatic heterocycles. The van der Waals surface area contributed by atoms with Gasteiger partial charge in [-0.3, -0.25) is 14.6 Å². The van der Waals surface area contributed by atoms with Crippen LogP contribution in [0.2, 0.25) is 0 Å². The summed E-state index contributed by atoms with van der Waals surface area (Å²) in [5.41, 5.74) is 0.355. The Morgan fingerprint density at radius 2 is 2.05 bits per heavy atom. The molecule has 0 radical (unpaired) electrons. The zero-order valence-electron chi connectivity index (χ0n) is 10.9. The summed E-state index contributed by atoms with van der Waals surface area (Å²) >= 11 is 0. The largest absolute Gasteiger partial charge is 0.480 e. The SMILES string of the molecule is O=C1CCC[C@@H]([C@@H](NC(=O)c2ccncc2)C(=O)O)C1. The number of nitrogens with zero attached hydrogens (tertiary/aromatic N) is 1. The van der Waals surface area contributed by atoms with Gasteiger partial charge in [0.15, 0.2) is 0 Å². The van der Waals surface area contributed by atoms with E-state index in [1.165, 1.54) is 24.5 Å². The number of carboxylic acid groups (broad SMARTS) is 1. The van der Waals surface area contributed by atoms with E-state index in [9.17, 15) is 19.5 Å². The van der Waals surface area contributed by atoms with Crippen LogP contribution >= 0.6 is 0 Å². The van der Waals surface area contributed by atoms with Gasteiger partial charge in [0, 0.05) is 30.8 Å². The van der Waals surface area contributed by atoms with E-state index in [1.807, 2.05) is 0 Å². The molecule has 6 heteroatoms. The Morgan fingerprint density at radius 1 is 1.35 bits per heavy atom. The highest BCUT2D eigenvalue weighted by atomic mass is 16.4. The second-order valence-electron chi connectivity index (χ2n) is 4.92. The lowest BCUT2D eigenvalue weighted by Gasteiger charge is -2.27. The lowest BCUT2D eigenvalue weighted by Crippen LogP contribution is -2.47. The monoisotopic (exact) mass is 276 g/mol. The molecule has 0 aromatic carbocycles. The van der Waals surface area contributed by atoms with Crippen LogP contribution in [0.3, 0.4) is 0 Å². The zero-order valence-corrected chi connectivity index (χ0v) is 10.9. The average Bonchev–Trinajstić information content (AvgIpc) is 2.45. The summed E-state index contributed by atoms with van der Waals surface area (Å²) in [4.78, 5) is 38.6. The van der Waals surface area contributed by atoms with E-state index in [2.05, 4.69) is 10.3 Å². The van der Waals surface area contributed by atoms with E-state index in [4.69, 9.17) is 0 Å². The van der Waals surface area contributed by atoms with Crippen molar-refractivity contribution < 1.29 is 19.5 Å². The van der Waals surface area contributed by atoms with Gasteiger partial charge in [0.1, 0.15) is 11.8 Å². The highest BCUT2D eigenvalue weighted by Gasteiger charge is 2.33. The maximum atomic E-state index is 12.0. The molecule has 6 nitrogen and oxygen atoms in total. The molecule has 2 N–H and O–H groups in total. The number of aliphatic carboxylic acids is 1. The van der Waals surface area contributed by atoms with Gasteiger partial charge in [0.05, 0.1) is 0 Å². The number of aromatic nitrogens is 1. The Labute approximate surface area is 116 Å². The van der Waals surface area contributed by atoms with E-state index >= 15 is 0 Å². The third kappa shape index (κ3) is 3.40. The number of rotatable bonds is 4. The normalized spacial score (nSPS) is 20.2. The standard InChI is InChI=1S/C14H16N2O4/c17-11-3-1-2-10(8-11)12(14(19)20)16-13(18)9-4-6-15-7-5-9/h4-7,10,12H,1-3,8H2,(H,16,18)(H,19,20)/t10-,12-/m1/s1. The molecule has 1 aromatic rings. The number of hydrogen-bond donors (Lipinski definition) is 2. The lowest BCUT2D eigenvalue weighted by atomic mass is 9.83. The summed E-state index contributed by atoms with van der Waals surface area (Å²) in [5, 5.41) is 11.8. The lowest BCUT2D eigenvalue weighted by molar-refractivity contribution is -0.141. The topological polar surface area (TPSA) is 96.4 Å². The predicted molar refractivity (Wildman–Crippen MR) is 70.1 cm³/mol. The first-order valence-electron chi connectivity index (χ1n) is 6.53. The molecule has 2 atom stereocenters. The first kappa shape index (κ1) is 14.2. The van der Waals surface area contributed by atoms with Crippen LogP contribution in [0.5, 0.6) is 0 Å². The molecule has 1 heterocycles. The predicted octanol–water partition coefficient (Wildman–Crippen LogP) is 1.02. The van der Waals surface area contributed by atoms with Crippen LogP contribution in [-0.2, 0) is 9.59 Å². The van der Waals surface area contributed by atoms with Gasteiger partial charge in [-0.05, 0) is 30.9 Å². The summed E-state index contributed by atoms with van der Waals surface area (Å²) < 4.78 is 0. The van der Waals surface area contributed by atoms with Crippen molar-refractivity contribution in [3.05, 3.63) is 30.1 Å². The Morgan fingerprint density at radius 3 is 2.65 bits per heavy atom. The second kappa shape index (κ2) is 6.27. The highest BCUT2D eigenvalue weighted by molar-refractivity contribution is 5.96. The molecule has 1 aromatic heterocycles. The van der Waals surface area contributed by atoms with Crippen molar-refractivity contribution >= 4 is 17.7 Å². The van der Waals surface area contributed by atoms with Gasteiger partial charge >= 0.3 is 5.97 Å². The van der Waals surface area contributed by atoms with E-state index in [0.29, 0.717) is 24.8 Å². The third-order valence-electron chi connectivity index (χ3n) is 3.49. The fourth-order valence-electron chi connectivity index (χ4n) is 2.45. The molecule has 106 valence electrons. The summed E-state index contributed by atoms with van der Waals surface area (Å²) in [6.45, 7) is 0. The van der Waals surface area contributed by atoms with Gasteiger partial charge in [0.25, 0.3) is 5.91 Å². The van der Waals surface area contributed by atoms with Crippen LogP contribution in [0.15, 0.2) is 24.5 Å². The van der Waals surface area contributed by atoms with Crippen molar-refractivity contribution in [2.45, 2.75) is 31.7 Å². The van der Waals surface area contributed by atoms with Gasteiger partial charge in [-0.2, -0.15) is 0 Å². The van der Waals surface area contributed by atoms with Crippen molar-refractivity contribution in [2.75, 3.05) is 0 Å². The van der Waals surface area contributed by atoms with Crippen molar-refractivity contribution in [3.63, 3.8) is 0 Å². The molecular formula is C14H16N2O4. The van der Waals surface area contributed by atoms with Crippen LogP contribution in [0.1, 0.15) is 36.0 Å². The van der Waals surface area contributed by atoms with Gasteiger partial charge in [-0.25, -0.2) is 4.79 Å². The van der Waals surface area contributed by atoms with Crippen LogP contribution in [-0.4, -0.2) is 33.8 Å². The van der Waals surface area contributed by atoms with Crippen LogP contribution in [0, 0.1) is 5.92 Å². The number of carbonyl (C=O) groups is 3.